The average Bonchev–Trinajstić information content (AvgIpc) is 2.77. The van der Waals surface area contributed by atoms with Crippen LogP contribution in [0.1, 0.15) is 60.3 Å². The second kappa shape index (κ2) is 3.61. The van der Waals surface area contributed by atoms with Crippen LogP contribution in [-0.2, 0) is 4.74 Å². The molecule has 1 saturated carbocycles. The zero-order valence-electron chi connectivity index (χ0n) is 9.81. The van der Waals surface area contributed by atoms with Crippen molar-refractivity contribution >= 4 is 0 Å². The van der Waals surface area contributed by atoms with Crippen LogP contribution in [-0.4, -0.2) is 11.2 Å². The quantitative estimate of drug-likeness (QED) is 0.632. The molecular formula is C12H24O. The largest absolute Gasteiger partial charge is 0.369 e. The Labute approximate surface area is 82.9 Å². The van der Waals surface area contributed by atoms with E-state index in [1.54, 1.807) is 0 Å². The van der Waals surface area contributed by atoms with E-state index >= 15 is 0 Å². The number of ether oxygens (including phenoxy) is 1. The first-order valence-electron chi connectivity index (χ1n) is 5.72. The van der Waals surface area contributed by atoms with E-state index in [4.69, 9.17) is 4.74 Å². The van der Waals surface area contributed by atoms with Gasteiger partial charge in [-0.05, 0) is 38.5 Å². The molecule has 0 radical (unpaired) electrons. The van der Waals surface area contributed by atoms with E-state index in [0.29, 0.717) is 0 Å². The van der Waals surface area contributed by atoms with Crippen LogP contribution < -0.4 is 0 Å². The summed E-state index contributed by atoms with van der Waals surface area (Å²) in [6.45, 7) is 11.2. The van der Waals surface area contributed by atoms with E-state index in [2.05, 4.69) is 34.6 Å². The maximum Gasteiger partial charge on any atom is 0.0717 e. The predicted molar refractivity (Wildman–Crippen MR) is 56.9 cm³/mol. The highest BCUT2D eigenvalue weighted by Gasteiger charge is 2.53. The molecule has 0 spiro atoms. The van der Waals surface area contributed by atoms with Gasteiger partial charge in [0.05, 0.1) is 11.2 Å². The van der Waals surface area contributed by atoms with E-state index in [9.17, 15) is 0 Å². The highest BCUT2D eigenvalue weighted by atomic mass is 16.5. The maximum atomic E-state index is 6.30. The third-order valence-electron chi connectivity index (χ3n) is 3.93. The first-order valence-corrected chi connectivity index (χ1v) is 5.72. The molecule has 1 nitrogen and oxygen atoms in total. The summed E-state index contributed by atoms with van der Waals surface area (Å²) in [7, 11) is 0. The Hall–Kier alpha value is -0.0400. The molecule has 0 saturated heterocycles. The van der Waals surface area contributed by atoms with Gasteiger partial charge in [-0.2, -0.15) is 0 Å². The van der Waals surface area contributed by atoms with Gasteiger partial charge in [-0.15, -0.1) is 0 Å². The summed E-state index contributed by atoms with van der Waals surface area (Å²) in [5, 5.41) is 0. The lowest BCUT2D eigenvalue weighted by atomic mass is 9.99. The molecule has 13 heavy (non-hydrogen) atoms. The fourth-order valence-corrected chi connectivity index (χ4v) is 2.05. The van der Waals surface area contributed by atoms with Gasteiger partial charge in [0.2, 0.25) is 0 Å². The number of hydrogen-bond donors (Lipinski definition) is 0. The molecule has 78 valence electrons. The lowest BCUT2D eigenvalue weighted by molar-refractivity contribution is -0.110. The molecule has 0 amide bonds. The van der Waals surface area contributed by atoms with E-state index in [0.717, 1.165) is 18.8 Å². The van der Waals surface area contributed by atoms with Crippen molar-refractivity contribution in [2.45, 2.75) is 71.5 Å². The molecule has 0 aromatic rings. The van der Waals surface area contributed by atoms with Crippen LogP contribution in [0, 0.1) is 5.92 Å². The third kappa shape index (κ3) is 2.07. The molecule has 1 aliphatic carbocycles. The van der Waals surface area contributed by atoms with E-state index in [-0.39, 0.29) is 11.2 Å². The highest BCUT2D eigenvalue weighted by molar-refractivity contribution is 5.03. The molecule has 0 N–H and O–H groups in total. The minimum absolute atomic E-state index is 0.112. The van der Waals surface area contributed by atoms with Gasteiger partial charge in [0.25, 0.3) is 0 Å². The van der Waals surface area contributed by atoms with Crippen LogP contribution in [0.3, 0.4) is 0 Å². The zero-order chi connectivity index (χ0) is 10.1. The molecule has 0 heterocycles. The molecule has 0 aromatic carbocycles. The van der Waals surface area contributed by atoms with Crippen LogP contribution in [0.5, 0.6) is 0 Å². The Balaban J connectivity index is 2.56. The summed E-state index contributed by atoms with van der Waals surface area (Å²) >= 11 is 0. The fourth-order valence-electron chi connectivity index (χ4n) is 2.05. The Morgan fingerprint density at radius 3 is 2.00 bits per heavy atom. The van der Waals surface area contributed by atoms with Crippen molar-refractivity contribution in [3.63, 3.8) is 0 Å². The van der Waals surface area contributed by atoms with Crippen LogP contribution in [0.2, 0.25) is 0 Å². The van der Waals surface area contributed by atoms with Crippen molar-refractivity contribution in [1.82, 2.24) is 0 Å². The first kappa shape index (κ1) is 11.0. The summed E-state index contributed by atoms with van der Waals surface area (Å²) in [6.07, 6.45) is 4.68. The predicted octanol–water partition coefficient (Wildman–Crippen LogP) is 3.77. The van der Waals surface area contributed by atoms with Gasteiger partial charge in [0.15, 0.2) is 0 Å². The molecule has 0 aromatic heterocycles. The van der Waals surface area contributed by atoms with E-state index in [1.165, 1.54) is 12.8 Å². The Morgan fingerprint density at radius 1 is 1.31 bits per heavy atom. The number of hydrogen-bond acceptors (Lipinski definition) is 1. The average molecular weight is 184 g/mol. The summed E-state index contributed by atoms with van der Waals surface area (Å²) < 4.78 is 6.30. The second-order valence-corrected chi connectivity index (χ2v) is 4.78. The molecular weight excluding hydrogens is 160 g/mol. The summed E-state index contributed by atoms with van der Waals surface area (Å²) in [5.41, 5.74) is 0.349. The standard InChI is InChI=1S/C12H24O/c1-6-11(5,7-2)13-12(8-3)9-10(12)4/h10H,6-9H2,1-5H3. The summed E-state index contributed by atoms with van der Waals surface area (Å²) in [5.74, 6) is 0.773. The van der Waals surface area contributed by atoms with Gasteiger partial charge in [0.1, 0.15) is 0 Å². The maximum absolute atomic E-state index is 6.30. The van der Waals surface area contributed by atoms with Gasteiger partial charge in [-0.25, -0.2) is 0 Å². The molecule has 1 aliphatic rings. The molecule has 2 unspecified atom stereocenters. The topological polar surface area (TPSA) is 9.23 Å². The van der Waals surface area contributed by atoms with Crippen LogP contribution in [0.4, 0.5) is 0 Å². The smallest absolute Gasteiger partial charge is 0.0717 e. The molecule has 1 heteroatoms. The van der Waals surface area contributed by atoms with Gasteiger partial charge in [0, 0.05) is 0 Å². The molecule has 2 atom stereocenters. The van der Waals surface area contributed by atoms with Gasteiger partial charge in [-0.1, -0.05) is 27.7 Å². The van der Waals surface area contributed by atoms with Crippen molar-refractivity contribution in [3.8, 4) is 0 Å². The molecule has 1 fully saturated rings. The third-order valence-corrected chi connectivity index (χ3v) is 3.93. The van der Waals surface area contributed by atoms with Crippen molar-refractivity contribution < 1.29 is 4.74 Å². The minimum Gasteiger partial charge on any atom is -0.369 e. The molecule has 1 rings (SSSR count). The number of rotatable bonds is 5. The monoisotopic (exact) mass is 184 g/mol. The van der Waals surface area contributed by atoms with Crippen LogP contribution >= 0.6 is 0 Å². The van der Waals surface area contributed by atoms with Crippen molar-refractivity contribution in [1.29, 1.82) is 0 Å². The zero-order valence-corrected chi connectivity index (χ0v) is 9.81. The molecule has 0 bridgehead atoms. The lowest BCUT2D eigenvalue weighted by Crippen LogP contribution is -2.34. The van der Waals surface area contributed by atoms with Gasteiger partial charge in [-0.3, -0.25) is 0 Å². The highest BCUT2D eigenvalue weighted by Crippen LogP contribution is 2.51. The van der Waals surface area contributed by atoms with Crippen molar-refractivity contribution in [2.24, 2.45) is 5.92 Å². The van der Waals surface area contributed by atoms with E-state index < -0.39 is 0 Å². The van der Waals surface area contributed by atoms with Crippen LogP contribution in [0.25, 0.3) is 0 Å². The van der Waals surface area contributed by atoms with Gasteiger partial charge < -0.3 is 4.74 Å². The Bertz CT molecular complexity index is 159. The Kier molecular flexibility index (Phi) is 3.06. The summed E-state index contributed by atoms with van der Waals surface area (Å²) in [4.78, 5) is 0. The minimum atomic E-state index is 0.112. The normalized spacial score (nSPS) is 33.5. The molecule has 0 aliphatic heterocycles. The Morgan fingerprint density at radius 2 is 1.77 bits per heavy atom. The first-order chi connectivity index (χ1) is 6.02. The van der Waals surface area contributed by atoms with Crippen molar-refractivity contribution in [2.75, 3.05) is 0 Å². The fraction of sp³-hybridized carbons (Fsp3) is 1.00. The second-order valence-electron chi connectivity index (χ2n) is 4.78. The summed E-state index contributed by atoms with van der Waals surface area (Å²) in [6, 6.07) is 0. The SMILES string of the molecule is CCC(C)(CC)OC1(CC)CC1C. The van der Waals surface area contributed by atoms with Crippen LogP contribution in [0.15, 0.2) is 0 Å². The van der Waals surface area contributed by atoms with E-state index in [1.807, 2.05) is 0 Å². The lowest BCUT2D eigenvalue weighted by Gasteiger charge is -2.33. The van der Waals surface area contributed by atoms with Crippen molar-refractivity contribution in [3.05, 3.63) is 0 Å². The van der Waals surface area contributed by atoms with Gasteiger partial charge >= 0.3 is 0 Å².